The highest BCUT2D eigenvalue weighted by molar-refractivity contribution is 7.86. The fourth-order valence-corrected chi connectivity index (χ4v) is 8.28. The molecule has 0 bridgehead atoms. The van der Waals surface area contributed by atoms with Crippen molar-refractivity contribution < 1.29 is 25.6 Å². The highest BCUT2D eigenvalue weighted by Gasteiger charge is 2.21. The second-order valence-corrected chi connectivity index (χ2v) is 16.7. The van der Waals surface area contributed by atoms with E-state index in [0.29, 0.717) is 28.8 Å². The molecule has 0 spiro atoms. The Bertz CT molecular complexity index is 1800. The zero-order valence-electron chi connectivity index (χ0n) is 27.9. The maximum Gasteiger partial charge on any atom is 0.296 e. The molecule has 49 heavy (non-hydrogen) atoms. The van der Waals surface area contributed by atoms with Gasteiger partial charge in [0.2, 0.25) is 0 Å². The smallest absolute Gasteiger partial charge is 0.296 e. The van der Waals surface area contributed by atoms with E-state index in [-0.39, 0.29) is 16.4 Å². The summed E-state index contributed by atoms with van der Waals surface area (Å²) in [5.74, 6) is 0. The first kappa shape index (κ1) is 40.3. The molecular formula is C33H47N6O6S4+. The summed E-state index contributed by atoms with van der Waals surface area (Å²) in [5.41, 5.74) is 20.4. The van der Waals surface area contributed by atoms with Crippen molar-refractivity contribution in [2.24, 2.45) is 5.73 Å². The van der Waals surface area contributed by atoms with Crippen molar-refractivity contribution in [1.82, 2.24) is 15.3 Å². The van der Waals surface area contributed by atoms with Crippen LogP contribution in [0.1, 0.15) is 59.3 Å². The van der Waals surface area contributed by atoms with Crippen molar-refractivity contribution in [2.45, 2.75) is 87.1 Å². The number of anilines is 2. The van der Waals surface area contributed by atoms with Gasteiger partial charge in [-0.3, -0.25) is 8.74 Å². The van der Waals surface area contributed by atoms with Crippen molar-refractivity contribution in [2.75, 3.05) is 24.6 Å². The fraction of sp³-hybridized carbons (Fsp3) is 0.424. The van der Waals surface area contributed by atoms with Gasteiger partial charge in [-0.15, -0.1) is 22.7 Å². The van der Waals surface area contributed by atoms with Gasteiger partial charge in [0.1, 0.15) is 0 Å². The van der Waals surface area contributed by atoms with Crippen LogP contribution in [0.2, 0.25) is 0 Å². The highest BCUT2D eigenvalue weighted by atomic mass is 32.2. The summed E-state index contributed by atoms with van der Waals surface area (Å²) in [6.07, 6.45) is 7.99. The summed E-state index contributed by atoms with van der Waals surface area (Å²) in [5, 5.41) is 4.90. The molecule has 2 heterocycles. The quantitative estimate of drug-likeness (QED) is 0.0916. The predicted molar refractivity (Wildman–Crippen MR) is 198 cm³/mol. The second kappa shape index (κ2) is 19.3. The Morgan fingerprint density at radius 3 is 2.02 bits per heavy atom. The van der Waals surface area contributed by atoms with Gasteiger partial charge < -0.3 is 22.5 Å². The molecule has 0 radical (unpaired) electrons. The third-order valence-corrected chi connectivity index (χ3v) is 11.4. The number of nitrogens with zero attached hydrogens (tertiary/aromatic N) is 2. The molecule has 2 unspecified atom stereocenters. The molecular weight excluding hydrogens is 705 g/mol. The van der Waals surface area contributed by atoms with Gasteiger partial charge in [0, 0.05) is 28.4 Å². The Labute approximate surface area is 298 Å². The van der Waals surface area contributed by atoms with E-state index in [1.807, 2.05) is 13.8 Å². The zero-order valence-corrected chi connectivity index (χ0v) is 31.1. The van der Waals surface area contributed by atoms with Crippen LogP contribution in [-0.2, 0) is 50.1 Å². The number of rotatable bonds is 8. The lowest BCUT2D eigenvalue weighted by Crippen LogP contribution is -2.34. The standard InChI is InChI=1S/C10H16N3S.C9H12O3S.C7H11N3S.C7H8O3S/c1-2-5-12-7-3-4-8-9(6-7)14-10(11)13-8;1-2-8-12-13(10,11)9-6-4-3-5-7-9;8-4-1-2-5-6(3-4)11-7(9)10-5;1-6-2-4-7(5-3-6)11(8,9)10/h7,12H,1-6H2,(H2,11,13);3-7H,2,8H2,1H3;4H,1-3,8H2,(H2,9,10);2-5H,1H3,(H,8,9,10)/q+1;;;. The van der Waals surface area contributed by atoms with E-state index in [0.717, 1.165) is 50.6 Å². The average Bonchev–Trinajstić information content (AvgIpc) is 3.63. The average molecular weight is 752 g/mol. The summed E-state index contributed by atoms with van der Waals surface area (Å²) in [7, 11) is -7.54. The van der Waals surface area contributed by atoms with Crippen LogP contribution in [0.25, 0.3) is 0 Å². The van der Waals surface area contributed by atoms with E-state index in [1.165, 1.54) is 51.8 Å². The molecule has 268 valence electrons. The number of aryl methyl sites for hydroxylation is 3. The number of nitrogens with two attached hydrogens (primary N) is 3. The number of benzene rings is 2. The molecule has 0 fully saturated rings. The van der Waals surface area contributed by atoms with E-state index >= 15 is 0 Å². The van der Waals surface area contributed by atoms with Crippen LogP contribution >= 0.6 is 22.7 Å². The monoisotopic (exact) mass is 751 g/mol. The second-order valence-electron chi connectivity index (χ2n) is 11.5. The molecule has 0 aliphatic heterocycles. The number of hydrogen-bond acceptors (Lipinski definition) is 13. The highest BCUT2D eigenvalue weighted by Crippen LogP contribution is 2.28. The van der Waals surface area contributed by atoms with Crippen molar-refractivity contribution in [3.63, 3.8) is 0 Å². The van der Waals surface area contributed by atoms with Crippen molar-refractivity contribution in [3.8, 4) is 0 Å². The molecule has 0 saturated carbocycles. The maximum absolute atomic E-state index is 11.4. The number of thiazole rings is 2. The summed E-state index contributed by atoms with van der Waals surface area (Å²) in [6.45, 7) is 8.77. The lowest BCUT2D eigenvalue weighted by molar-refractivity contribution is 0.318. The SMILES string of the molecule is CCCOS(=O)(=O)c1ccccc1.Cc1ccc(S(=O)(=O)O)cc1.Nc1nc2c(s1)CC(N)CC2.[CH2+]CCNC1CCc2nc(N)sc2C1. The summed E-state index contributed by atoms with van der Waals surface area (Å²) in [6, 6.07) is 15.0. The molecule has 8 N–H and O–H groups in total. The predicted octanol–water partition coefficient (Wildman–Crippen LogP) is 4.98. The van der Waals surface area contributed by atoms with Gasteiger partial charge in [0.15, 0.2) is 10.3 Å². The molecule has 2 atom stereocenters. The number of fused-ring (bicyclic) bond motifs is 2. The lowest BCUT2D eigenvalue weighted by Gasteiger charge is -2.21. The number of nitrogens with one attached hydrogen (secondary N) is 1. The van der Waals surface area contributed by atoms with Crippen molar-refractivity contribution in [1.29, 1.82) is 0 Å². The van der Waals surface area contributed by atoms with Crippen molar-refractivity contribution >= 4 is 53.2 Å². The first-order valence-corrected chi connectivity index (χ1v) is 20.4. The van der Waals surface area contributed by atoms with Crippen LogP contribution in [-0.4, -0.2) is 56.6 Å². The Morgan fingerprint density at radius 2 is 1.47 bits per heavy atom. The summed E-state index contributed by atoms with van der Waals surface area (Å²) < 4.78 is 57.0. The largest absolute Gasteiger partial charge is 0.375 e. The van der Waals surface area contributed by atoms with E-state index in [2.05, 4.69) is 22.2 Å². The van der Waals surface area contributed by atoms with Gasteiger partial charge in [0.05, 0.1) is 41.1 Å². The first-order valence-electron chi connectivity index (χ1n) is 16.0. The molecule has 2 aliphatic carbocycles. The third kappa shape index (κ3) is 13.6. The Balaban J connectivity index is 0.000000178. The first-order chi connectivity index (χ1) is 23.2. The van der Waals surface area contributed by atoms with Crippen LogP contribution in [0, 0.1) is 13.8 Å². The molecule has 0 amide bonds. The summed E-state index contributed by atoms with van der Waals surface area (Å²) >= 11 is 3.22. The minimum atomic E-state index is -4.02. The van der Waals surface area contributed by atoms with Gasteiger partial charge in [-0.2, -0.15) is 16.8 Å². The molecule has 2 aromatic heterocycles. The molecule has 0 saturated heterocycles. The van der Waals surface area contributed by atoms with Crippen LogP contribution in [0.4, 0.5) is 10.3 Å². The minimum Gasteiger partial charge on any atom is -0.375 e. The molecule has 6 rings (SSSR count). The number of aromatic nitrogens is 2. The third-order valence-electron chi connectivity index (χ3n) is 7.35. The summed E-state index contributed by atoms with van der Waals surface area (Å²) in [4.78, 5) is 11.4. The maximum atomic E-state index is 11.4. The Morgan fingerprint density at radius 1 is 0.898 bits per heavy atom. The normalized spacial score (nSPS) is 16.7. The number of hydrogen-bond donors (Lipinski definition) is 5. The van der Waals surface area contributed by atoms with Gasteiger partial charge in [-0.05, 0) is 76.1 Å². The van der Waals surface area contributed by atoms with E-state index in [4.69, 9.17) is 25.9 Å². The fourth-order valence-electron chi connectivity index (χ4n) is 4.85. The lowest BCUT2D eigenvalue weighted by atomic mass is 9.98. The molecule has 16 heteroatoms. The zero-order chi connectivity index (χ0) is 36.0. The van der Waals surface area contributed by atoms with Crippen LogP contribution in [0.3, 0.4) is 0 Å². The minimum absolute atomic E-state index is 0.0666. The molecule has 2 aromatic carbocycles. The number of nitrogen functional groups attached to an aromatic ring is 2. The van der Waals surface area contributed by atoms with Crippen LogP contribution in [0.5, 0.6) is 0 Å². The van der Waals surface area contributed by atoms with E-state index < -0.39 is 20.2 Å². The molecule has 12 nitrogen and oxygen atoms in total. The van der Waals surface area contributed by atoms with E-state index in [1.54, 1.807) is 53.0 Å². The topological polar surface area (TPSA) is 214 Å². The van der Waals surface area contributed by atoms with Gasteiger partial charge in [0.25, 0.3) is 20.2 Å². The van der Waals surface area contributed by atoms with Crippen molar-refractivity contribution in [3.05, 3.63) is 88.2 Å². The van der Waals surface area contributed by atoms with E-state index in [9.17, 15) is 16.8 Å². The molecule has 4 aromatic rings. The van der Waals surface area contributed by atoms with Gasteiger partial charge in [-0.25, -0.2) is 9.97 Å². The van der Waals surface area contributed by atoms with Crippen LogP contribution in [0.15, 0.2) is 64.4 Å². The van der Waals surface area contributed by atoms with Crippen LogP contribution < -0.4 is 22.5 Å². The van der Waals surface area contributed by atoms with Gasteiger partial charge >= 0.3 is 0 Å². The Hall–Kier alpha value is -3.09. The Kier molecular flexibility index (Phi) is 15.9. The van der Waals surface area contributed by atoms with Gasteiger partial charge in [-0.1, -0.05) is 42.8 Å². The molecule has 2 aliphatic rings.